The molecule has 1 saturated heterocycles. The predicted octanol–water partition coefficient (Wildman–Crippen LogP) is 4.18. The lowest BCUT2D eigenvalue weighted by molar-refractivity contribution is -0.123. The number of benzene rings is 2. The van der Waals surface area contributed by atoms with Crippen molar-refractivity contribution in [2.45, 2.75) is 45.7 Å². The molecule has 0 aliphatic carbocycles. The molecule has 4 rings (SSSR count). The molecule has 1 aromatic heterocycles. The van der Waals surface area contributed by atoms with E-state index in [9.17, 15) is 9.59 Å². The summed E-state index contributed by atoms with van der Waals surface area (Å²) < 4.78 is 0. The third kappa shape index (κ3) is 5.45. The van der Waals surface area contributed by atoms with Crippen molar-refractivity contribution in [2.75, 3.05) is 19.6 Å². The van der Waals surface area contributed by atoms with E-state index in [1.165, 1.54) is 0 Å². The van der Waals surface area contributed by atoms with E-state index >= 15 is 0 Å². The van der Waals surface area contributed by atoms with Crippen molar-refractivity contribution in [3.63, 3.8) is 0 Å². The Balaban J connectivity index is 1.43. The van der Waals surface area contributed by atoms with E-state index in [0.29, 0.717) is 24.1 Å². The van der Waals surface area contributed by atoms with Crippen LogP contribution in [0.15, 0.2) is 54.7 Å². The first kappa shape index (κ1) is 23.1. The number of aromatic nitrogens is 1. The first-order chi connectivity index (χ1) is 15.9. The molecule has 3 aromatic rings. The first-order valence-corrected chi connectivity index (χ1v) is 11.9. The molecule has 2 amide bonds. The van der Waals surface area contributed by atoms with E-state index in [0.717, 1.165) is 48.0 Å². The Labute approximate surface area is 195 Å². The minimum Gasteiger partial charge on any atom is -0.361 e. The lowest BCUT2D eigenvalue weighted by Gasteiger charge is -2.34. The highest BCUT2D eigenvalue weighted by atomic mass is 16.2. The lowest BCUT2D eigenvalue weighted by Crippen LogP contribution is -2.44. The molecule has 2 heterocycles. The zero-order valence-corrected chi connectivity index (χ0v) is 19.7. The number of rotatable bonds is 7. The number of fused-ring (bicyclic) bond motifs is 1. The molecule has 174 valence electrons. The Morgan fingerprint density at radius 3 is 2.52 bits per heavy atom. The second kappa shape index (κ2) is 10.2. The smallest absolute Gasteiger partial charge is 0.252 e. The summed E-state index contributed by atoms with van der Waals surface area (Å²) in [6, 6.07) is 14.8. The lowest BCUT2D eigenvalue weighted by atomic mass is 9.95. The first-order valence-electron chi connectivity index (χ1n) is 11.9. The summed E-state index contributed by atoms with van der Waals surface area (Å²) in [4.78, 5) is 32.0. The van der Waals surface area contributed by atoms with Crippen LogP contribution in [0.1, 0.15) is 54.2 Å². The Morgan fingerprint density at radius 2 is 1.82 bits per heavy atom. The van der Waals surface area contributed by atoms with Crippen molar-refractivity contribution < 1.29 is 9.59 Å². The van der Waals surface area contributed by atoms with Gasteiger partial charge in [0.25, 0.3) is 5.91 Å². The maximum Gasteiger partial charge on any atom is 0.252 e. The SMILES string of the molecule is Cc1c[nH]c2cc(C(=O)N[C@@H](C(=O)NCC3CCN(C(C)C)CC3)c3ccccc3)ccc12. The molecule has 0 bridgehead atoms. The molecule has 1 aliphatic heterocycles. The topological polar surface area (TPSA) is 77.2 Å². The van der Waals surface area contributed by atoms with E-state index in [4.69, 9.17) is 0 Å². The van der Waals surface area contributed by atoms with Gasteiger partial charge in [-0.15, -0.1) is 0 Å². The number of hydrogen-bond donors (Lipinski definition) is 3. The number of likely N-dealkylation sites (tertiary alicyclic amines) is 1. The van der Waals surface area contributed by atoms with Crippen LogP contribution in [0.2, 0.25) is 0 Å². The van der Waals surface area contributed by atoms with Crippen molar-refractivity contribution in [1.29, 1.82) is 0 Å². The van der Waals surface area contributed by atoms with Gasteiger partial charge in [-0.2, -0.15) is 0 Å². The average molecular weight is 447 g/mol. The Morgan fingerprint density at radius 1 is 1.09 bits per heavy atom. The fourth-order valence-electron chi connectivity index (χ4n) is 4.59. The monoisotopic (exact) mass is 446 g/mol. The Bertz CT molecular complexity index is 1100. The predicted molar refractivity (Wildman–Crippen MR) is 132 cm³/mol. The average Bonchev–Trinajstić information content (AvgIpc) is 3.21. The van der Waals surface area contributed by atoms with Gasteiger partial charge in [-0.1, -0.05) is 36.4 Å². The minimum atomic E-state index is -0.740. The Hall–Kier alpha value is -3.12. The molecule has 6 nitrogen and oxygen atoms in total. The minimum absolute atomic E-state index is 0.169. The van der Waals surface area contributed by atoms with Crippen molar-refractivity contribution in [2.24, 2.45) is 5.92 Å². The molecular formula is C27H34N4O2. The van der Waals surface area contributed by atoms with Gasteiger partial charge in [0.1, 0.15) is 6.04 Å². The molecular weight excluding hydrogens is 412 g/mol. The summed E-state index contributed by atoms with van der Waals surface area (Å²) in [5, 5.41) is 7.15. The molecule has 1 fully saturated rings. The summed E-state index contributed by atoms with van der Waals surface area (Å²) in [6.45, 7) is 9.25. The molecule has 6 heteroatoms. The molecule has 0 unspecified atom stereocenters. The number of piperidine rings is 1. The van der Waals surface area contributed by atoms with E-state index in [1.807, 2.05) is 55.6 Å². The van der Waals surface area contributed by atoms with Crippen LogP contribution < -0.4 is 10.6 Å². The van der Waals surface area contributed by atoms with Gasteiger partial charge in [0.15, 0.2) is 0 Å². The van der Waals surface area contributed by atoms with Gasteiger partial charge < -0.3 is 20.5 Å². The summed E-state index contributed by atoms with van der Waals surface area (Å²) >= 11 is 0. The molecule has 2 aromatic carbocycles. The zero-order valence-electron chi connectivity index (χ0n) is 19.7. The van der Waals surface area contributed by atoms with Crippen molar-refractivity contribution >= 4 is 22.7 Å². The van der Waals surface area contributed by atoms with Crippen LogP contribution in [-0.4, -0.2) is 47.4 Å². The normalized spacial score (nSPS) is 16.1. The standard InChI is InChI=1S/C27H34N4O2/c1-18(2)31-13-11-20(12-14-31)17-29-27(33)25(21-7-5-4-6-8-21)30-26(32)22-9-10-23-19(3)16-28-24(23)15-22/h4-10,15-16,18,20,25,28H,11-14,17H2,1-3H3,(H,29,33)(H,30,32)/t25-/m1/s1. The van der Waals surface area contributed by atoms with Gasteiger partial charge >= 0.3 is 0 Å². The van der Waals surface area contributed by atoms with E-state index in [1.54, 1.807) is 6.07 Å². The van der Waals surface area contributed by atoms with Crippen LogP contribution in [0, 0.1) is 12.8 Å². The number of nitrogens with zero attached hydrogens (tertiary/aromatic N) is 1. The second-order valence-corrected chi connectivity index (χ2v) is 9.37. The summed E-state index contributed by atoms with van der Waals surface area (Å²) in [5.74, 6) is 0.0330. The van der Waals surface area contributed by atoms with Gasteiger partial charge in [0, 0.05) is 35.2 Å². The number of amides is 2. The summed E-state index contributed by atoms with van der Waals surface area (Å²) in [6.07, 6.45) is 4.09. The van der Waals surface area contributed by atoms with E-state index < -0.39 is 6.04 Å². The number of carbonyl (C=O) groups is 2. The van der Waals surface area contributed by atoms with Crippen molar-refractivity contribution in [3.8, 4) is 0 Å². The zero-order chi connectivity index (χ0) is 23.4. The van der Waals surface area contributed by atoms with Crippen LogP contribution in [0.3, 0.4) is 0 Å². The van der Waals surface area contributed by atoms with Gasteiger partial charge in [-0.25, -0.2) is 0 Å². The summed E-state index contributed by atoms with van der Waals surface area (Å²) in [7, 11) is 0. The molecule has 0 radical (unpaired) electrons. The van der Waals surface area contributed by atoms with E-state index in [-0.39, 0.29) is 11.8 Å². The quantitative estimate of drug-likeness (QED) is 0.509. The van der Waals surface area contributed by atoms with E-state index in [2.05, 4.69) is 34.4 Å². The fourth-order valence-corrected chi connectivity index (χ4v) is 4.59. The maximum atomic E-state index is 13.2. The third-order valence-electron chi connectivity index (χ3n) is 6.77. The van der Waals surface area contributed by atoms with Crippen LogP contribution >= 0.6 is 0 Å². The molecule has 0 saturated carbocycles. The maximum absolute atomic E-state index is 13.2. The molecule has 0 spiro atoms. The van der Waals surface area contributed by atoms with Crippen LogP contribution in [-0.2, 0) is 4.79 Å². The number of H-pyrrole nitrogens is 1. The third-order valence-corrected chi connectivity index (χ3v) is 6.77. The highest BCUT2D eigenvalue weighted by Crippen LogP contribution is 2.21. The number of carbonyl (C=O) groups excluding carboxylic acids is 2. The number of hydrogen-bond acceptors (Lipinski definition) is 3. The van der Waals surface area contributed by atoms with Crippen molar-refractivity contribution in [1.82, 2.24) is 20.5 Å². The second-order valence-electron chi connectivity index (χ2n) is 9.37. The molecule has 1 aliphatic rings. The van der Waals surface area contributed by atoms with Crippen LogP contribution in [0.5, 0.6) is 0 Å². The highest BCUT2D eigenvalue weighted by Gasteiger charge is 2.26. The molecule has 3 N–H and O–H groups in total. The Kier molecular flexibility index (Phi) is 7.14. The van der Waals surface area contributed by atoms with Gasteiger partial charge in [0.2, 0.25) is 5.91 Å². The fraction of sp³-hybridized carbons (Fsp3) is 0.407. The highest BCUT2D eigenvalue weighted by molar-refractivity contribution is 6.00. The molecule has 1 atom stereocenters. The number of nitrogens with one attached hydrogen (secondary N) is 3. The largest absolute Gasteiger partial charge is 0.361 e. The van der Waals surface area contributed by atoms with Crippen molar-refractivity contribution in [3.05, 3.63) is 71.4 Å². The summed E-state index contributed by atoms with van der Waals surface area (Å²) in [5.41, 5.74) is 3.35. The molecule has 33 heavy (non-hydrogen) atoms. The van der Waals surface area contributed by atoms with Crippen LogP contribution in [0.4, 0.5) is 0 Å². The number of aromatic amines is 1. The van der Waals surface area contributed by atoms with Gasteiger partial charge in [0.05, 0.1) is 0 Å². The van der Waals surface area contributed by atoms with Crippen LogP contribution in [0.25, 0.3) is 10.9 Å². The number of aryl methyl sites for hydroxylation is 1. The van der Waals surface area contributed by atoms with Gasteiger partial charge in [-0.05, 0) is 75.9 Å². The van der Waals surface area contributed by atoms with Gasteiger partial charge in [-0.3, -0.25) is 9.59 Å².